The Morgan fingerprint density at radius 1 is 1.55 bits per heavy atom. The van der Waals surface area contributed by atoms with Crippen LogP contribution in [0.5, 0.6) is 0 Å². The van der Waals surface area contributed by atoms with Crippen LogP contribution in [-0.4, -0.2) is 39.5 Å². The second-order valence-corrected chi connectivity index (χ2v) is 5.66. The fourth-order valence-electron chi connectivity index (χ4n) is 2.86. The molecule has 3 heterocycles. The van der Waals surface area contributed by atoms with E-state index in [2.05, 4.69) is 10.4 Å². The summed E-state index contributed by atoms with van der Waals surface area (Å²) < 4.78 is 8.43. The van der Waals surface area contributed by atoms with Crippen molar-refractivity contribution in [1.82, 2.24) is 19.7 Å². The second-order valence-electron chi connectivity index (χ2n) is 5.66. The Kier molecular flexibility index (Phi) is 3.98. The Morgan fingerprint density at radius 3 is 3.09 bits per heavy atom. The molecular formula is C15H20N4O3. The van der Waals surface area contributed by atoms with E-state index in [9.17, 15) is 9.59 Å². The van der Waals surface area contributed by atoms with Gasteiger partial charge in [0.15, 0.2) is 0 Å². The normalized spacial score (nSPS) is 18.0. The van der Waals surface area contributed by atoms with Crippen LogP contribution in [0.25, 0.3) is 10.9 Å². The Balaban J connectivity index is 1.73. The number of fused-ring (bicyclic) bond motifs is 1. The monoisotopic (exact) mass is 304 g/mol. The number of aryl methyl sites for hydroxylation is 2. The maximum Gasteiger partial charge on any atom is 0.277 e. The van der Waals surface area contributed by atoms with Crippen LogP contribution in [0.4, 0.5) is 0 Å². The molecule has 0 bridgehead atoms. The summed E-state index contributed by atoms with van der Waals surface area (Å²) in [5.74, 6) is -0.184. The highest BCUT2D eigenvalue weighted by Crippen LogP contribution is 2.13. The van der Waals surface area contributed by atoms with Crippen molar-refractivity contribution in [1.29, 1.82) is 0 Å². The fraction of sp³-hybridized carbons (Fsp3) is 0.533. The topological polar surface area (TPSA) is 78.2 Å². The molecule has 7 heteroatoms. The first-order valence-electron chi connectivity index (χ1n) is 7.47. The van der Waals surface area contributed by atoms with Crippen LogP contribution in [0.3, 0.4) is 0 Å². The number of amides is 1. The number of rotatable bonds is 4. The molecule has 0 aliphatic carbocycles. The average molecular weight is 304 g/mol. The maximum atomic E-state index is 12.5. The minimum Gasteiger partial charge on any atom is -0.376 e. The number of ether oxygens (including phenoxy) is 1. The number of carbonyl (C=O) groups excluding carboxylic acids is 1. The van der Waals surface area contributed by atoms with E-state index >= 15 is 0 Å². The van der Waals surface area contributed by atoms with Crippen molar-refractivity contribution >= 4 is 16.8 Å². The summed E-state index contributed by atoms with van der Waals surface area (Å²) in [6, 6.07) is 1.83. The van der Waals surface area contributed by atoms with Gasteiger partial charge in [0.25, 0.3) is 5.56 Å². The van der Waals surface area contributed by atoms with Gasteiger partial charge >= 0.3 is 0 Å². The van der Waals surface area contributed by atoms with Crippen molar-refractivity contribution in [2.24, 2.45) is 7.05 Å². The molecule has 22 heavy (non-hydrogen) atoms. The molecule has 118 valence electrons. The molecule has 2 aromatic heterocycles. The minimum absolute atomic E-state index is 0.00568. The molecule has 0 radical (unpaired) electrons. The summed E-state index contributed by atoms with van der Waals surface area (Å²) in [4.78, 5) is 24.5. The van der Waals surface area contributed by atoms with Gasteiger partial charge < -0.3 is 14.6 Å². The van der Waals surface area contributed by atoms with Gasteiger partial charge in [-0.15, -0.1) is 0 Å². The summed E-state index contributed by atoms with van der Waals surface area (Å²) in [6.07, 6.45) is 3.75. The van der Waals surface area contributed by atoms with E-state index in [4.69, 9.17) is 4.74 Å². The van der Waals surface area contributed by atoms with E-state index in [1.807, 2.05) is 13.0 Å². The molecule has 3 rings (SSSR count). The number of carbonyl (C=O) groups is 1. The van der Waals surface area contributed by atoms with Gasteiger partial charge in [0.1, 0.15) is 12.1 Å². The van der Waals surface area contributed by atoms with Crippen molar-refractivity contribution in [2.45, 2.75) is 32.4 Å². The van der Waals surface area contributed by atoms with Crippen molar-refractivity contribution in [3.05, 3.63) is 28.3 Å². The zero-order valence-corrected chi connectivity index (χ0v) is 12.8. The quantitative estimate of drug-likeness (QED) is 0.883. The lowest BCUT2D eigenvalue weighted by Crippen LogP contribution is -2.36. The number of nitrogens with zero attached hydrogens (tertiary/aromatic N) is 3. The van der Waals surface area contributed by atoms with E-state index in [0.29, 0.717) is 12.1 Å². The number of hydrogen-bond acceptors (Lipinski definition) is 4. The fourth-order valence-corrected chi connectivity index (χ4v) is 2.86. The van der Waals surface area contributed by atoms with Crippen molar-refractivity contribution < 1.29 is 9.53 Å². The van der Waals surface area contributed by atoms with E-state index in [1.54, 1.807) is 17.9 Å². The van der Waals surface area contributed by atoms with Crippen LogP contribution >= 0.6 is 0 Å². The van der Waals surface area contributed by atoms with Gasteiger partial charge in [-0.25, -0.2) is 0 Å². The third kappa shape index (κ3) is 2.76. The van der Waals surface area contributed by atoms with Crippen LogP contribution in [0.15, 0.2) is 17.1 Å². The standard InChI is InChI=1S/C15H20N4O3/c1-10-12-5-6-19(15(21)14(12)18(2)17-10)9-13(20)16-8-11-4-3-7-22-11/h5-6,11H,3-4,7-9H2,1-2H3,(H,16,20)/t11-/m0/s1. The lowest BCUT2D eigenvalue weighted by atomic mass is 10.2. The smallest absolute Gasteiger partial charge is 0.277 e. The first-order valence-corrected chi connectivity index (χ1v) is 7.47. The molecule has 2 aromatic rings. The first kappa shape index (κ1) is 14.8. The third-order valence-electron chi connectivity index (χ3n) is 4.02. The highest BCUT2D eigenvalue weighted by molar-refractivity contribution is 5.81. The first-order chi connectivity index (χ1) is 10.6. The SMILES string of the molecule is Cc1nn(C)c2c(=O)n(CC(=O)NC[C@@H]3CCCO3)ccc12. The van der Waals surface area contributed by atoms with Crippen LogP contribution in [-0.2, 0) is 23.1 Å². The summed E-state index contributed by atoms with van der Waals surface area (Å²) in [7, 11) is 1.73. The Hall–Kier alpha value is -2.15. The predicted octanol–water partition coefficient (Wildman–Crippen LogP) is 0.339. The number of pyridine rings is 1. The molecule has 7 nitrogen and oxygen atoms in total. The van der Waals surface area contributed by atoms with E-state index in [-0.39, 0.29) is 24.1 Å². The molecule has 1 aliphatic heterocycles. The third-order valence-corrected chi connectivity index (χ3v) is 4.02. The zero-order chi connectivity index (χ0) is 15.7. The molecule has 1 amide bonds. The highest BCUT2D eigenvalue weighted by Gasteiger charge is 2.17. The van der Waals surface area contributed by atoms with Gasteiger partial charge in [0.2, 0.25) is 5.91 Å². The summed E-state index contributed by atoms with van der Waals surface area (Å²) >= 11 is 0. The van der Waals surface area contributed by atoms with Crippen LogP contribution < -0.4 is 10.9 Å². The molecule has 1 aliphatic rings. The summed E-state index contributed by atoms with van der Waals surface area (Å²) in [6.45, 7) is 3.13. The van der Waals surface area contributed by atoms with E-state index in [0.717, 1.165) is 30.5 Å². The van der Waals surface area contributed by atoms with Crippen LogP contribution in [0, 0.1) is 6.92 Å². The van der Waals surface area contributed by atoms with Gasteiger partial charge in [-0.2, -0.15) is 5.10 Å². The Bertz CT molecular complexity index is 756. The zero-order valence-electron chi connectivity index (χ0n) is 12.8. The highest BCUT2D eigenvalue weighted by atomic mass is 16.5. The average Bonchev–Trinajstić information content (AvgIpc) is 3.08. The predicted molar refractivity (Wildman–Crippen MR) is 81.7 cm³/mol. The van der Waals surface area contributed by atoms with E-state index < -0.39 is 0 Å². The van der Waals surface area contributed by atoms with Crippen LogP contribution in [0.2, 0.25) is 0 Å². The summed E-state index contributed by atoms with van der Waals surface area (Å²) in [5, 5.41) is 7.89. The summed E-state index contributed by atoms with van der Waals surface area (Å²) in [5.41, 5.74) is 1.13. The number of nitrogens with one attached hydrogen (secondary N) is 1. The van der Waals surface area contributed by atoms with Gasteiger partial charge in [-0.3, -0.25) is 14.3 Å². The van der Waals surface area contributed by atoms with Gasteiger partial charge in [0.05, 0.1) is 11.8 Å². The van der Waals surface area contributed by atoms with Crippen molar-refractivity contribution in [2.75, 3.05) is 13.2 Å². The number of aromatic nitrogens is 3. The van der Waals surface area contributed by atoms with Crippen molar-refractivity contribution in [3.63, 3.8) is 0 Å². The molecule has 0 spiro atoms. The molecule has 1 N–H and O–H groups in total. The second kappa shape index (κ2) is 5.92. The van der Waals surface area contributed by atoms with Gasteiger partial charge in [-0.1, -0.05) is 0 Å². The molecule has 1 fully saturated rings. The molecule has 1 saturated heterocycles. The molecular weight excluding hydrogens is 284 g/mol. The molecule has 0 aromatic carbocycles. The van der Waals surface area contributed by atoms with Crippen molar-refractivity contribution in [3.8, 4) is 0 Å². The largest absolute Gasteiger partial charge is 0.376 e. The lowest BCUT2D eigenvalue weighted by Gasteiger charge is -2.11. The van der Waals surface area contributed by atoms with E-state index in [1.165, 1.54) is 4.57 Å². The lowest BCUT2D eigenvalue weighted by molar-refractivity contribution is -0.122. The van der Waals surface area contributed by atoms with Gasteiger partial charge in [0, 0.05) is 31.8 Å². The van der Waals surface area contributed by atoms with Crippen LogP contribution in [0.1, 0.15) is 18.5 Å². The maximum absolute atomic E-state index is 12.5. The molecule has 0 unspecified atom stereocenters. The van der Waals surface area contributed by atoms with Gasteiger partial charge in [-0.05, 0) is 25.8 Å². The molecule has 1 atom stereocenters. The Labute approximate surface area is 127 Å². The Morgan fingerprint density at radius 2 is 2.36 bits per heavy atom. The minimum atomic E-state index is -0.201. The number of hydrogen-bond donors (Lipinski definition) is 1. The molecule has 0 saturated carbocycles.